The van der Waals surface area contributed by atoms with E-state index in [0.717, 1.165) is 16.7 Å². The minimum absolute atomic E-state index is 0.0549. The van der Waals surface area contributed by atoms with Crippen LogP contribution in [-0.4, -0.2) is 33.3 Å². The van der Waals surface area contributed by atoms with Crippen LogP contribution in [0, 0.1) is 5.41 Å². The van der Waals surface area contributed by atoms with Gasteiger partial charge in [0.25, 0.3) is 8.32 Å². The van der Waals surface area contributed by atoms with E-state index in [9.17, 15) is 9.59 Å². The lowest BCUT2D eigenvalue weighted by molar-refractivity contribution is -0.155. The second-order valence-electron chi connectivity index (χ2n) is 9.65. The smallest absolute Gasteiger partial charge is 0.311 e. The van der Waals surface area contributed by atoms with Crippen LogP contribution in [0.2, 0.25) is 5.04 Å². The fourth-order valence-electron chi connectivity index (χ4n) is 3.58. The Labute approximate surface area is 181 Å². The molecule has 2 rings (SSSR count). The zero-order valence-electron chi connectivity index (χ0n) is 19.0. The van der Waals surface area contributed by atoms with Crippen LogP contribution >= 0.6 is 0 Å². The minimum Gasteiger partial charge on any atom is -0.463 e. The Hall–Kier alpha value is -2.24. The number of rotatable bonds is 8. The molecule has 0 heterocycles. The van der Waals surface area contributed by atoms with E-state index in [1.54, 1.807) is 0 Å². The monoisotopic (exact) mass is 426 g/mol. The molecule has 0 N–H and O–H groups in total. The minimum atomic E-state index is -2.82. The molecule has 30 heavy (non-hydrogen) atoms. The van der Waals surface area contributed by atoms with E-state index in [1.165, 1.54) is 0 Å². The quantitative estimate of drug-likeness (QED) is 0.362. The van der Waals surface area contributed by atoms with Crippen LogP contribution < -0.4 is 10.4 Å². The van der Waals surface area contributed by atoms with E-state index < -0.39 is 19.8 Å². The van der Waals surface area contributed by atoms with E-state index in [1.807, 2.05) is 57.2 Å². The van der Waals surface area contributed by atoms with E-state index in [0.29, 0.717) is 0 Å². The molecule has 0 aromatic heterocycles. The second-order valence-corrected chi connectivity index (χ2v) is 13.9. The van der Waals surface area contributed by atoms with Gasteiger partial charge in [-0.05, 0) is 36.2 Å². The molecule has 5 heteroatoms. The molecule has 0 unspecified atom stereocenters. The first-order valence-electron chi connectivity index (χ1n) is 10.4. The number of hydrogen-bond donors (Lipinski definition) is 0. The number of esters is 1. The van der Waals surface area contributed by atoms with E-state index in [4.69, 9.17) is 9.16 Å². The van der Waals surface area contributed by atoms with Crippen LogP contribution in [0.15, 0.2) is 60.7 Å². The van der Waals surface area contributed by atoms with E-state index in [-0.39, 0.29) is 24.0 Å². The molecule has 0 radical (unpaired) electrons. The third-order valence-electron chi connectivity index (χ3n) is 5.13. The van der Waals surface area contributed by atoms with Crippen molar-refractivity contribution in [3.05, 3.63) is 60.7 Å². The maximum atomic E-state index is 12.3. The van der Waals surface area contributed by atoms with Gasteiger partial charge in [0.2, 0.25) is 0 Å². The SMILES string of the molecule is CC(C)(C)C(=O)OC[C@H](CC=O)O[Si](c1ccccc1)(c1ccccc1)C(C)(C)C. The van der Waals surface area contributed by atoms with Gasteiger partial charge in [0.05, 0.1) is 11.5 Å². The molecule has 2 aromatic carbocycles. The molecule has 162 valence electrons. The van der Waals surface area contributed by atoms with Crippen LogP contribution in [0.3, 0.4) is 0 Å². The third kappa shape index (κ3) is 5.46. The van der Waals surface area contributed by atoms with Crippen molar-refractivity contribution < 1.29 is 18.8 Å². The average Bonchev–Trinajstić information content (AvgIpc) is 2.69. The summed E-state index contributed by atoms with van der Waals surface area (Å²) in [5.41, 5.74) is -0.608. The molecule has 0 amide bonds. The molecule has 0 saturated heterocycles. The van der Waals surface area contributed by atoms with Gasteiger partial charge in [-0.1, -0.05) is 81.4 Å². The molecule has 0 bridgehead atoms. The highest BCUT2D eigenvalue weighted by Gasteiger charge is 2.51. The summed E-state index contributed by atoms with van der Waals surface area (Å²) in [5.74, 6) is -0.301. The molecule has 0 aliphatic rings. The normalized spacial score (nSPS) is 13.5. The maximum Gasteiger partial charge on any atom is 0.311 e. The van der Waals surface area contributed by atoms with Crippen LogP contribution in [0.25, 0.3) is 0 Å². The lowest BCUT2D eigenvalue weighted by Crippen LogP contribution is -2.68. The lowest BCUT2D eigenvalue weighted by atomic mass is 9.97. The highest BCUT2D eigenvalue weighted by atomic mass is 28.4. The average molecular weight is 427 g/mol. The van der Waals surface area contributed by atoms with Gasteiger partial charge in [-0.2, -0.15) is 0 Å². The molecule has 0 fully saturated rings. The second kappa shape index (κ2) is 9.71. The Morgan fingerprint density at radius 2 is 1.37 bits per heavy atom. The number of ether oxygens (including phenoxy) is 1. The molecule has 0 saturated carbocycles. The molecular formula is C25H34O4Si. The summed E-state index contributed by atoms with van der Waals surface area (Å²) in [6.45, 7) is 12.0. The summed E-state index contributed by atoms with van der Waals surface area (Å²) < 4.78 is 12.5. The topological polar surface area (TPSA) is 52.6 Å². The van der Waals surface area contributed by atoms with Gasteiger partial charge in [-0.15, -0.1) is 0 Å². The molecule has 0 aliphatic carbocycles. The summed E-state index contributed by atoms with van der Waals surface area (Å²) in [5, 5.41) is 2.04. The Kier molecular flexibility index (Phi) is 7.78. The number of hydrogen-bond acceptors (Lipinski definition) is 4. The third-order valence-corrected chi connectivity index (χ3v) is 10.2. The zero-order valence-corrected chi connectivity index (χ0v) is 20.0. The van der Waals surface area contributed by atoms with Crippen molar-refractivity contribution >= 4 is 30.9 Å². The van der Waals surface area contributed by atoms with Crippen molar-refractivity contribution in [3.63, 3.8) is 0 Å². The Balaban J connectivity index is 2.52. The van der Waals surface area contributed by atoms with Crippen molar-refractivity contribution in [3.8, 4) is 0 Å². The summed E-state index contributed by atoms with van der Waals surface area (Å²) in [6.07, 6.45) is 0.495. The van der Waals surface area contributed by atoms with Gasteiger partial charge in [0, 0.05) is 6.42 Å². The standard InChI is InChI=1S/C25H34O4Si/c1-24(2,3)23(27)28-19-20(17-18-26)29-30(25(4,5)6,21-13-9-7-10-14-21)22-15-11-8-12-16-22/h7-16,18,20H,17,19H2,1-6H3/t20-/m0/s1. The summed E-state index contributed by atoms with van der Waals surface area (Å²) in [6, 6.07) is 20.5. The number of carbonyl (C=O) groups is 2. The first kappa shape index (κ1) is 24.0. The first-order valence-corrected chi connectivity index (χ1v) is 12.3. The summed E-state index contributed by atoms with van der Waals surface area (Å²) in [7, 11) is -2.82. The first-order chi connectivity index (χ1) is 14.0. The Morgan fingerprint density at radius 1 is 0.900 bits per heavy atom. The van der Waals surface area contributed by atoms with Crippen molar-refractivity contribution in [1.29, 1.82) is 0 Å². The van der Waals surface area contributed by atoms with Crippen LogP contribution in [-0.2, 0) is 18.8 Å². The number of carbonyl (C=O) groups excluding carboxylic acids is 2. The molecule has 0 spiro atoms. The van der Waals surface area contributed by atoms with Gasteiger partial charge < -0.3 is 14.0 Å². The van der Waals surface area contributed by atoms with E-state index >= 15 is 0 Å². The molecule has 4 nitrogen and oxygen atoms in total. The fraction of sp³-hybridized carbons (Fsp3) is 0.440. The molecule has 2 aromatic rings. The van der Waals surface area contributed by atoms with Gasteiger partial charge in [-0.3, -0.25) is 4.79 Å². The fourth-order valence-corrected chi connectivity index (χ4v) is 8.26. The summed E-state index contributed by atoms with van der Waals surface area (Å²) in [4.78, 5) is 23.8. The molecule has 1 atom stereocenters. The predicted octanol–water partition coefficient (Wildman–Crippen LogP) is 4.11. The highest BCUT2D eigenvalue weighted by Crippen LogP contribution is 2.37. The number of aldehydes is 1. The van der Waals surface area contributed by atoms with Crippen molar-refractivity contribution in [2.75, 3.05) is 6.61 Å². The van der Waals surface area contributed by atoms with Crippen molar-refractivity contribution in [2.45, 2.75) is 59.1 Å². The highest BCUT2D eigenvalue weighted by molar-refractivity contribution is 6.99. The maximum absolute atomic E-state index is 12.3. The van der Waals surface area contributed by atoms with Crippen LogP contribution in [0.1, 0.15) is 48.0 Å². The van der Waals surface area contributed by atoms with Crippen molar-refractivity contribution in [1.82, 2.24) is 0 Å². The van der Waals surface area contributed by atoms with Gasteiger partial charge in [-0.25, -0.2) is 0 Å². The number of benzene rings is 2. The summed E-state index contributed by atoms with van der Waals surface area (Å²) >= 11 is 0. The lowest BCUT2D eigenvalue weighted by Gasteiger charge is -2.45. The van der Waals surface area contributed by atoms with Crippen LogP contribution in [0.4, 0.5) is 0 Å². The van der Waals surface area contributed by atoms with Crippen LogP contribution in [0.5, 0.6) is 0 Å². The largest absolute Gasteiger partial charge is 0.463 e. The van der Waals surface area contributed by atoms with Gasteiger partial charge >= 0.3 is 5.97 Å². The Morgan fingerprint density at radius 3 is 1.73 bits per heavy atom. The van der Waals surface area contributed by atoms with Crippen molar-refractivity contribution in [2.24, 2.45) is 5.41 Å². The van der Waals surface area contributed by atoms with E-state index in [2.05, 4.69) is 45.0 Å². The molecular weight excluding hydrogens is 392 g/mol. The zero-order chi connectivity index (χ0) is 22.4. The predicted molar refractivity (Wildman–Crippen MR) is 124 cm³/mol. The van der Waals surface area contributed by atoms with Gasteiger partial charge in [0.15, 0.2) is 0 Å². The Bertz CT molecular complexity index is 780. The molecule has 0 aliphatic heterocycles. The van der Waals surface area contributed by atoms with Gasteiger partial charge in [0.1, 0.15) is 12.9 Å².